The van der Waals surface area contributed by atoms with Crippen LogP contribution in [0, 0.1) is 0 Å². The zero-order chi connectivity index (χ0) is 24.2. The molecule has 0 aliphatic heterocycles. The highest BCUT2D eigenvalue weighted by Gasteiger charge is 1.96. The summed E-state index contributed by atoms with van der Waals surface area (Å²) >= 11 is 0. The molecule has 1 aromatic carbocycles. The lowest BCUT2D eigenvalue weighted by Crippen LogP contribution is -2.15. The second-order valence-corrected chi connectivity index (χ2v) is 7.06. The van der Waals surface area contributed by atoms with E-state index < -0.39 is 0 Å². The van der Waals surface area contributed by atoms with Gasteiger partial charge in [-0.2, -0.15) is 0 Å². The van der Waals surface area contributed by atoms with E-state index in [2.05, 4.69) is 6.92 Å². The number of rotatable bonds is 27. The Balaban J connectivity index is 1.64. The molecule has 0 atom stereocenters. The first-order valence-corrected chi connectivity index (χ1v) is 12.2. The molecule has 0 aromatic heterocycles. The second kappa shape index (κ2) is 26.3. The molecule has 9 heteroatoms. The van der Waals surface area contributed by atoms with Crippen molar-refractivity contribution >= 4 is 0 Å². The van der Waals surface area contributed by atoms with Crippen LogP contribution >= 0.6 is 0 Å². The van der Waals surface area contributed by atoms with Gasteiger partial charge in [0, 0.05) is 6.61 Å². The zero-order valence-electron chi connectivity index (χ0n) is 20.8. The van der Waals surface area contributed by atoms with Gasteiger partial charge in [0.25, 0.3) is 0 Å². The van der Waals surface area contributed by atoms with E-state index in [0.717, 1.165) is 18.8 Å². The normalized spacial score (nSPS) is 11.2. The molecule has 0 aliphatic rings. The first-order chi connectivity index (χ1) is 16.9. The van der Waals surface area contributed by atoms with Crippen LogP contribution in [0.2, 0.25) is 0 Å². The van der Waals surface area contributed by atoms with Gasteiger partial charge in [0.15, 0.2) is 0 Å². The van der Waals surface area contributed by atoms with Crippen LogP contribution in [0.25, 0.3) is 0 Å². The SMILES string of the molecule is CCCOCCOCCOCCOCCOCCOCCOCCOCCOc1ccccc1. The Morgan fingerprint density at radius 2 is 0.676 bits per heavy atom. The first kappa shape index (κ1) is 30.7. The third kappa shape index (κ3) is 22.5. The molecule has 0 unspecified atom stereocenters. The molecule has 0 saturated carbocycles. The summed E-state index contributed by atoms with van der Waals surface area (Å²) in [6.45, 7) is 11.7. The van der Waals surface area contributed by atoms with E-state index in [9.17, 15) is 0 Å². The molecule has 34 heavy (non-hydrogen) atoms. The lowest BCUT2D eigenvalue weighted by Gasteiger charge is -2.09. The highest BCUT2D eigenvalue weighted by atomic mass is 16.6. The van der Waals surface area contributed by atoms with Crippen LogP contribution in [0.5, 0.6) is 5.75 Å². The summed E-state index contributed by atoms with van der Waals surface area (Å²) in [4.78, 5) is 0. The van der Waals surface area contributed by atoms with E-state index in [1.54, 1.807) is 0 Å². The van der Waals surface area contributed by atoms with Crippen molar-refractivity contribution in [1.82, 2.24) is 0 Å². The van der Waals surface area contributed by atoms with E-state index in [-0.39, 0.29) is 0 Å². The van der Waals surface area contributed by atoms with Crippen LogP contribution in [-0.4, -0.2) is 112 Å². The summed E-state index contributed by atoms with van der Waals surface area (Å²) in [5.74, 6) is 0.850. The minimum Gasteiger partial charge on any atom is -0.491 e. The van der Waals surface area contributed by atoms with E-state index in [1.807, 2.05) is 30.3 Å². The fourth-order valence-electron chi connectivity index (χ4n) is 2.52. The highest BCUT2D eigenvalue weighted by molar-refractivity contribution is 5.20. The summed E-state index contributed by atoms with van der Waals surface area (Å²) in [6, 6.07) is 9.68. The molecule has 0 saturated heterocycles. The molecule has 0 fully saturated rings. The third-order valence-electron chi connectivity index (χ3n) is 4.19. The topological polar surface area (TPSA) is 83.1 Å². The van der Waals surface area contributed by atoms with Gasteiger partial charge < -0.3 is 42.6 Å². The molecule has 0 bridgehead atoms. The smallest absolute Gasteiger partial charge is 0.119 e. The Kier molecular flexibility index (Phi) is 23.8. The average molecular weight is 489 g/mol. The lowest BCUT2D eigenvalue weighted by molar-refractivity contribution is -0.0236. The van der Waals surface area contributed by atoms with Crippen molar-refractivity contribution in [3.8, 4) is 5.75 Å². The van der Waals surface area contributed by atoms with Crippen molar-refractivity contribution in [3.05, 3.63) is 30.3 Å². The summed E-state index contributed by atoms with van der Waals surface area (Å²) < 4.78 is 48.9. The quantitative estimate of drug-likeness (QED) is 0.174. The van der Waals surface area contributed by atoms with Gasteiger partial charge >= 0.3 is 0 Å². The first-order valence-electron chi connectivity index (χ1n) is 12.2. The number of hydrogen-bond donors (Lipinski definition) is 0. The lowest BCUT2D eigenvalue weighted by atomic mass is 10.3. The monoisotopic (exact) mass is 488 g/mol. The summed E-state index contributed by atoms with van der Waals surface area (Å²) in [7, 11) is 0. The highest BCUT2D eigenvalue weighted by Crippen LogP contribution is 2.07. The summed E-state index contributed by atoms with van der Waals surface area (Å²) in [5, 5.41) is 0. The minimum atomic E-state index is 0.525. The van der Waals surface area contributed by atoms with Crippen molar-refractivity contribution < 1.29 is 42.6 Å². The van der Waals surface area contributed by atoms with Crippen molar-refractivity contribution in [2.24, 2.45) is 0 Å². The molecule has 0 spiro atoms. The van der Waals surface area contributed by atoms with Gasteiger partial charge in [-0.1, -0.05) is 25.1 Å². The molecule has 9 nitrogen and oxygen atoms in total. The molecular formula is C25H44O9. The van der Waals surface area contributed by atoms with Crippen LogP contribution in [0.4, 0.5) is 0 Å². The minimum absolute atomic E-state index is 0.525. The predicted molar refractivity (Wildman–Crippen MR) is 129 cm³/mol. The molecule has 0 radical (unpaired) electrons. The van der Waals surface area contributed by atoms with E-state index in [0.29, 0.717) is 106 Å². The van der Waals surface area contributed by atoms with Crippen LogP contribution < -0.4 is 4.74 Å². The van der Waals surface area contributed by atoms with Gasteiger partial charge in [0.05, 0.1) is 99.1 Å². The van der Waals surface area contributed by atoms with Gasteiger partial charge in [0.1, 0.15) is 12.4 Å². The standard InChI is InChI=1S/C25H44O9/c1-2-8-26-9-10-27-11-12-28-13-14-29-15-16-30-17-18-31-19-20-32-21-22-33-23-24-34-25-6-4-3-5-7-25/h3-7H,2,8-24H2,1H3. The van der Waals surface area contributed by atoms with Crippen LogP contribution in [-0.2, 0) is 37.9 Å². The maximum Gasteiger partial charge on any atom is 0.119 e. The Hall–Kier alpha value is -1.30. The van der Waals surface area contributed by atoms with Gasteiger partial charge in [0.2, 0.25) is 0 Å². The third-order valence-corrected chi connectivity index (χ3v) is 4.19. The van der Waals surface area contributed by atoms with Crippen LogP contribution in [0.15, 0.2) is 30.3 Å². The number of benzene rings is 1. The van der Waals surface area contributed by atoms with Gasteiger partial charge in [-0.05, 0) is 18.6 Å². The Labute approximate surface area is 204 Å². The maximum absolute atomic E-state index is 5.54. The molecule has 0 N–H and O–H groups in total. The average Bonchev–Trinajstić information content (AvgIpc) is 2.87. The van der Waals surface area contributed by atoms with Crippen molar-refractivity contribution in [1.29, 1.82) is 0 Å². The molecular weight excluding hydrogens is 444 g/mol. The molecule has 0 aliphatic carbocycles. The zero-order valence-corrected chi connectivity index (χ0v) is 20.8. The molecule has 1 aromatic rings. The summed E-state index contributed by atoms with van der Waals surface area (Å²) in [5.41, 5.74) is 0. The molecule has 0 heterocycles. The predicted octanol–water partition coefficient (Wildman–Crippen LogP) is 2.61. The molecule has 0 amide bonds. The summed E-state index contributed by atoms with van der Waals surface area (Å²) in [6.07, 6.45) is 1.03. The number of ether oxygens (including phenoxy) is 9. The van der Waals surface area contributed by atoms with Gasteiger partial charge in [-0.3, -0.25) is 0 Å². The van der Waals surface area contributed by atoms with E-state index >= 15 is 0 Å². The fraction of sp³-hybridized carbons (Fsp3) is 0.760. The van der Waals surface area contributed by atoms with E-state index in [4.69, 9.17) is 42.6 Å². The number of para-hydroxylation sites is 1. The number of hydrogen-bond acceptors (Lipinski definition) is 9. The van der Waals surface area contributed by atoms with Gasteiger partial charge in [-0.15, -0.1) is 0 Å². The Morgan fingerprint density at radius 1 is 0.382 bits per heavy atom. The van der Waals surface area contributed by atoms with Crippen LogP contribution in [0.3, 0.4) is 0 Å². The fourth-order valence-corrected chi connectivity index (χ4v) is 2.52. The second-order valence-electron chi connectivity index (χ2n) is 7.06. The van der Waals surface area contributed by atoms with E-state index in [1.165, 1.54) is 0 Å². The maximum atomic E-state index is 5.54. The Morgan fingerprint density at radius 3 is 1.00 bits per heavy atom. The van der Waals surface area contributed by atoms with Crippen molar-refractivity contribution in [2.45, 2.75) is 13.3 Å². The van der Waals surface area contributed by atoms with Crippen molar-refractivity contribution in [2.75, 3.05) is 112 Å². The largest absolute Gasteiger partial charge is 0.491 e. The molecule has 1 rings (SSSR count). The molecule has 198 valence electrons. The Bertz CT molecular complexity index is 504. The van der Waals surface area contributed by atoms with Crippen LogP contribution in [0.1, 0.15) is 13.3 Å². The van der Waals surface area contributed by atoms with Crippen molar-refractivity contribution in [3.63, 3.8) is 0 Å². The van der Waals surface area contributed by atoms with Gasteiger partial charge in [-0.25, -0.2) is 0 Å².